The van der Waals surface area contributed by atoms with Crippen LogP contribution in [0.1, 0.15) is 37.0 Å². The van der Waals surface area contributed by atoms with Gasteiger partial charge in [0.25, 0.3) is 0 Å². The van der Waals surface area contributed by atoms with E-state index in [4.69, 9.17) is 4.74 Å². The summed E-state index contributed by atoms with van der Waals surface area (Å²) in [5.74, 6) is 0.0787. The molecule has 0 unspecified atom stereocenters. The molecule has 0 aliphatic rings. The lowest BCUT2D eigenvalue weighted by Crippen LogP contribution is -2.23. The van der Waals surface area contributed by atoms with Crippen molar-refractivity contribution >= 4 is 5.78 Å². The number of ketones is 1. The smallest absolute Gasteiger partial charge is 0.164 e. The molecule has 82 valence electrons. The van der Waals surface area contributed by atoms with Crippen molar-refractivity contribution in [1.29, 1.82) is 0 Å². The Morgan fingerprint density at radius 2 is 2.20 bits per heavy atom. The van der Waals surface area contributed by atoms with Crippen LogP contribution in [0.3, 0.4) is 0 Å². The van der Waals surface area contributed by atoms with Gasteiger partial charge in [-0.1, -0.05) is 0 Å². The van der Waals surface area contributed by atoms with E-state index < -0.39 is 0 Å². The van der Waals surface area contributed by atoms with Crippen LogP contribution in [0.2, 0.25) is 0 Å². The molecule has 0 spiro atoms. The van der Waals surface area contributed by atoms with Crippen LogP contribution in [0.5, 0.6) is 0 Å². The molecular formula is C11H16N2O2. The lowest BCUT2D eigenvalue weighted by molar-refractivity contribution is 0.0141. The Kier molecular flexibility index (Phi) is 3.91. The van der Waals surface area contributed by atoms with Crippen molar-refractivity contribution in [2.45, 2.75) is 32.3 Å². The van der Waals surface area contributed by atoms with Gasteiger partial charge in [-0.15, -0.1) is 0 Å². The Balaban J connectivity index is 2.51. The largest absolute Gasteiger partial charge is 0.379 e. The third-order valence-electron chi connectivity index (χ3n) is 2.41. The molecule has 0 saturated carbocycles. The number of ether oxygens (including phenoxy) is 1. The minimum Gasteiger partial charge on any atom is -0.379 e. The zero-order chi connectivity index (χ0) is 11.3. The van der Waals surface area contributed by atoms with E-state index in [1.165, 1.54) is 12.4 Å². The summed E-state index contributed by atoms with van der Waals surface area (Å²) in [5.41, 5.74) is 0.354. The average Bonchev–Trinajstić information content (AvgIpc) is 2.27. The fourth-order valence-corrected chi connectivity index (χ4v) is 1.12. The lowest BCUT2D eigenvalue weighted by Gasteiger charge is -2.22. The molecule has 1 aromatic heterocycles. The Morgan fingerprint density at radius 1 is 1.47 bits per heavy atom. The lowest BCUT2D eigenvalue weighted by atomic mass is 9.99. The summed E-state index contributed by atoms with van der Waals surface area (Å²) in [6.07, 6.45) is 4.17. The first-order valence-electron chi connectivity index (χ1n) is 4.90. The van der Waals surface area contributed by atoms with Crippen LogP contribution >= 0.6 is 0 Å². The zero-order valence-corrected chi connectivity index (χ0v) is 9.36. The first kappa shape index (κ1) is 11.8. The average molecular weight is 208 g/mol. The number of methoxy groups -OCH3 is 1. The Morgan fingerprint density at radius 3 is 2.73 bits per heavy atom. The third-order valence-corrected chi connectivity index (χ3v) is 2.41. The quantitative estimate of drug-likeness (QED) is 0.693. The Hall–Kier alpha value is -1.29. The van der Waals surface area contributed by atoms with Gasteiger partial charge in [-0.3, -0.25) is 4.79 Å². The molecule has 4 heteroatoms. The number of nitrogens with zero attached hydrogens (tertiary/aromatic N) is 2. The monoisotopic (exact) mass is 208 g/mol. The number of rotatable bonds is 5. The van der Waals surface area contributed by atoms with E-state index >= 15 is 0 Å². The van der Waals surface area contributed by atoms with Crippen molar-refractivity contribution in [3.8, 4) is 0 Å². The van der Waals surface area contributed by atoms with Crippen LogP contribution in [-0.2, 0) is 4.74 Å². The van der Waals surface area contributed by atoms with E-state index in [1.807, 2.05) is 13.8 Å². The van der Waals surface area contributed by atoms with Crippen molar-refractivity contribution in [3.63, 3.8) is 0 Å². The van der Waals surface area contributed by atoms with Gasteiger partial charge in [-0.2, -0.15) is 10.2 Å². The molecule has 0 aliphatic carbocycles. The maximum absolute atomic E-state index is 11.7. The number of carbonyl (C=O) groups is 1. The summed E-state index contributed by atoms with van der Waals surface area (Å²) in [6, 6.07) is 1.68. The number of carbonyl (C=O) groups excluding carboxylic acids is 1. The highest BCUT2D eigenvalue weighted by Gasteiger charge is 2.18. The third kappa shape index (κ3) is 3.75. The van der Waals surface area contributed by atoms with Crippen LogP contribution in [0, 0.1) is 0 Å². The van der Waals surface area contributed by atoms with E-state index in [-0.39, 0.29) is 11.4 Å². The number of hydrogen-bond donors (Lipinski definition) is 0. The first-order valence-corrected chi connectivity index (χ1v) is 4.90. The topological polar surface area (TPSA) is 52.1 Å². The number of Topliss-reactive ketones (excluding diaryl/α,β-unsaturated/α-hetero) is 1. The molecule has 0 radical (unpaired) electrons. The molecule has 0 N–H and O–H groups in total. The summed E-state index contributed by atoms with van der Waals surface area (Å²) >= 11 is 0. The van der Waals surface area contributed by atoms with Gasteiger partial charge in [0.1, 0.15) is 0 Å². The van der Waals surface area contributed by atoms with Gasteiger partial charge in [-0.25, -0.2) is 0 Å². The van der Waals surface area contributed by atoms with Gasteiger partial charge in [0.2, 0.25) is 0 Å². The van der Waals surface area contributed by atoms with E-state index in [9.17, 15) is 4.79 Å². The molecule has 0 aliphatic heterocycles. The van der Waals surface area contributed by atoms with Crippen molar-refractivity contribution in [3.05, 3.63) is 24.0 Å². The van der Waals surface area contributed by atoms with Gasteiger partial charge >= 0.3 is 0 Å². The predicted molar refractivity (Wildman–Crippen MR) is 56.7 cm³/mol. The van der Waals surface area contributed by atoms with Gasteiger partial charge < -0.3 is 4.74 Å². The van der Waals surface area contributed by atoms with Crippen LogP contribution in [0.4, 0.5) is 0 Å². The minimum absolute atomic E-state index is 0.0787. The Bertz CT molecular complexity index is 323. The molecule has 4 nitrogen and oxygen atoms in total. The summed E-state index contributed by atoms with van der Waals surface area (Å²) in [5, 5.41) is 7.29. The summed E-state index contributed by atoms with van der Waals surface area (Å²) in [7, 11) is 1.65. The Labute approximate surface area is 89.7 Å². The van der Waals surface area contributed by atoms with Crippen LogP contribution in [0.25, 0.3) is 0 Å². The van der Waals surface area contributed by atoms with Crippen LogP contribution in [0.15, 0.2) is 18.5 Å². The molecule has 0 bridgehead atoms. The standard InChI is InChI=1S/C11H16N2O2/c1-11(2,15-3)6-4-10(14)9-5-7-12-13-8-9/h5,7-8H,4,6H2,1-3H3. The fraction of sp³-hybridized carbons (Fsp3) is 0.545. The molecule has 15 heavy (non-hydrogen) atoms. The van der Waals surface area contributed by atoms with Gasteiger partial charge in [0.15, 0.2) is 5.78 Å². The predicted octanol–water partition coefficient (Wildman–Crippen LogP) is 1.86. The molecule has 0 atom stereocenters. The van der Waals surface area contributed by atoms with Gasteiger partial charge in [0.05, 0.1) is 18.0 Å². The normalized spacial score (nSPS) is 11.4. The van der Waals surface area contributed by atoms with Crippen LogP contribution < -0.4 is 0 Å². The first-order chi connectivity index (χ1) is 7.05. The van der Waals surface area contributed by atoms with E-state index in [1.54, 1.807) is 13.2 Å². The second kappa shape index (κ2) is 4.98. The molecule has 0 fully saturated rings. The molecular weight excluding hydrogens is 192 g/mol. The highest BCUT2D eigenvalue weighted by Crippen LogP contribution is 2.16. The second-order valence-corrected chi connectivity index (χ2v) is 4.02. The van der Waals surface area contributed by atoms with E-state index in [0.29, 0.717) is 18.4 Å². The second-order valence-electron chi connectivity index (χ2n) is 4.02. The number of aromatic nitrogens is 2. The zero-order valence-electron chi connectivity index (χ0n) is 9.36. The van der Waals surface area contributed by atoms with Crippen molar-refractivity contribution in [2.75, 3.05) is 7.11 Å². The van der Waals surface area contributed by atoms with E-state index in [2.05, 4.69) is 10.2 Å². The summed E-state index contributed by atoms with van der Waals surface area (Å²) < 4.78 is 5.24. The fourth-order valence-electron chi connectivity index (χ4n) is 1.12. The SMILES string of the molecule is COC(C)(C)CCC(=O)c1ccnnc1. The van der Waals surface area contributed by atoms with Crippen LogP contribution in [-0.4, -0.2) is 28.7 Å². The number of hydrogen-bond acceptors (Lipinski definition) is 4. The van der Waals surface area contributed by atoms with E-state index in [0.717, 1.165) is 0 Å². The molecule has 1 heterocycles. The van der Waals surface area contributed by atoms with Gasteiger partial charge in [-0.05, 0) is 26.3 Å². The maximum Gasteiger partial charge on any atom is 0.164 e. The molecule has 0 aromatic carbocycles. The molecule has 1 rings (SSSR count). The van der Waals surface area contributed by atoms with Gasteiger partial charge in [0, 0.05) is 19.1 Å². The summed E-state index contributed by atoms with van der Waals surface area (Å²) in [4.78, 5) is 11.7. The van der Waals surface area contributed by atoms with Crippen molar-refractivity contribution in [1.82, 2.24) is 10.2 Å². The highest BCUT2D eigenvalue weighted by atomic mass is 16.5. The highest BCUT2D eigenvalue weighted by molar-refractivity contribution is 5.95. The maximum atomic E-state index is 11.7. The molecule has 1 aromatic rings. The van der Waals surface area contributed by atoms with Crippen molar-refractivity contribution < 1.29 is 9.53 Å². The van der Waals surface area contributed by atoms with Crippen molar-refractivity contribution in [2.24, 2.45) is 0 Å². The molecule has 0 saturated heterocycles. The molecule has 0 amide bonds. The summed E-state index contributed by atoms with van der Waals surface area (Å²) in [6.45, 7) is 3.93. The minimum atomic E-state index is -0.254.